The average Bonchev–Trinajstić information content (AvgIpc) is 3.16. The highest BCUT2D eigenvalue weighted by atomic mass is 35.5. The van der Waals surface area contributed by atoms with E-state index in [0.717, 1.165) is 24.7 Å². The highest BCUT2D eigenvalue weighted by Gasteiger charge is 2.15. The molecule has 21 heavy (non-hydrogen) atoms. The molecule has 1 aliphatic heterocycles. The largest absolute Gasteiger partial charge is 0.494 e. The van der Waals surface area contributed by atoms with E-state index in [1.165, 1.54) is 12.8 Å². The van der Waals surface area contributed by atoms with E-state index < -0.39 is 0 Å². The monoisotopic (exact) mass is 304 g/mol. The Morgan fingerprint density at radius 1 is 1.24 bits per heavy atom. The number of methoxy groups -OCH3 is 1. The van der Waals surface area contributed by atoms with Crippen molar-refractivity contribution >= 4 is 29.4 Å². The molecule has 3 rings (SSSR count). The number of rotatable bonds is 4. The fourth-order valence-corrected chi connectivity index (χ4v) is 2.58. The number of halogens is 1. The number of furan rings is 1. The van der Waals surface area contributed by atoms with Gasteiger partial charge in [-0.25, -0.2) is 4.99 Å². The Labute approximate surface area is 129 Å². The standard InChI is InChI=1S/C16H17ClN2O2/c1-20-15-6-4-12(17)10-14(15)18-11-13-5-7-16(21-13)19-8-2-3-9-19/h4-7,10-11H,2-3,8-9H2,1H3. The van der Waals surface area contributed by atoms with Gasteiger partial charge >= 0.3 is 0 Å². The normalized spacial score (nSPS) is 15.0. The quantitative estimate of drug-likeness (QED) is 0.791. The molecule has 0 amide bonds. The van der Waals surface area contributed by atoms with Gasteiger partial charge in [0, 0.05) is 24.2 Å². The van der Waals surface area contributed by atoms with E-state index in [9.17, 15) is 0 Å². The number of nitrogens with zero attached hydrogens (tertiary/aromatic N) is 2. The summed E-state index contributed by atoms with van der Waals surface area (Å²) < 4.78 is 11.1. The highest BCUT2D eigenvalue weighted by molar-refractivity contribution is 6.30. The summed E-state index contributed by atoms with van der Waals surface area (Å²) in [5, 5.41) is 0.625. The minimum Gasteiger partial charge on any atom is -0.494 e. The van der Waals surface area contributed by atoms with Crippen LogP contribution in [0.1, 0.15) is 18.6 Å². The molecular formula is C16H17ClN2O2. The molecule has 5 heteroatoms. The summed E-state index contributed by atoms with van der Waals surface area (Å²) in [5.74, 6) is 2.31. The van der Waals surface area contributed by atoms with Gasteiger partial charge in [0.1, 0.15) is 17.2 Å². The molecule has 0 spiro atoms. The van der Waals surface area contributed by atoms with E-state index >= 15 is 0 Å². The van der Waals surface area contributed by atoms with Gasteiger partial charge in [-0.2, -0.15) is 0 Å². The van der Waals surface area contributed by atoms with Gasteiger partial charge in [0.2, 0.25) is 0 Å². The first-order valence-corrected chi connectivity index (χ1v) is 7.36. The predicted molar refractivity (Wildman–Crippen MR) is 85.4 cm³/mol. The number of aliphatic imine (C=N–C) groups is 1. The molecule has 1 aromatic carbocycles. The lowest BCUT2D eigenvalue weighted by Gasteiger charge is -2.12. The summed E-state index contributed by atoms with van der Waals surface area (Å²) in [7, 11) is 1.61. The molecular weight excluding hydrogens is 288 g/mol. The molecule has 2 aromatic rings. The number of ether oxygens (including phenoxy) is 1. The number of benzene rings is 1. The number of anilines is 1. The van der Waals surface area contributed by atoms with Crippen molar-refractivity contribution in [2.75, 3.05) is 25.1 Å². The van der Waals surface area contributed by atoms with Gasteiger partial charge in [0.25, 0.3) is 0 Å². The summed E-state index contributed by atoms with van der Waals surface area (Å²) in [4.78, 5) is 6.65. The molecule has 1 aromatic heterocycles. The molecule has 1 saturated heterocycles. The fraction of sp³-hybridized carbons (Fsp3) is 0.312. The van der Waals surface area contributed by atoms with Crippen molar-refractivity contribution in [2.45, 2.75) is 12.8 Å². The molecule has 4 nitrogen and oxygen atoms in total. The summed E-state index contributed by atoms with van der Waals surface area (Å²) >= 11 is 5.99. The zero-order valence-corrected chi connectivity index (χ0v) is 12.6. The van der Waals surface area contributed by atoms with Gasteiger partial charge in [-0.05, 0) is 37.1 Å². The van der Waals surface area contributed by atoms with Crippen LogP contribution in [0.4, 0.5) is 11.6 Å². The minimum atomic E-state index is 0.625. The second-order valence-corrected chi connectivity index (χ2v) is 5.38. The lowest BCUT2D eigenvalue weighted by Crippen LogP contribution is -2.16. The summed E-state index contributed by atoms with van der Waals surface area (Å²) in [6, 6.07) is 9.25. The van der Waals surface area contributed by atoms with Gasteiger partial charge < -0.3 is 14.1 Å². The van der Waals surface area contributed by atoms with Crippen LogP contribution >= 0.6 is 11.6 Å². The van der Waals surface area contributed by atoms with E-state index in [4.69, 9.17) is 20.8 Å². The van der Waals surface area contributed by atoms with Gasteiger partial charge in [-0.1, -0.05) is 11.6 Å². The topological polar surface area (TPSA) is 38.0 Å². The van der Waals surface area contributed by atoms with Crippen LogP contribution in [0, 0.1) is 0 Å². The first-order chi connectivity index (χ1) is 10.3. The molecule has 0 N–H and O–H groups in total. The first kappa shape index (κ1) is 14.0. The second kappa shape index (κ2) is 6.22. The maximum atomic E-state index is 5.99. The maximum absolute atomic E-state index is 5.99. The zero-order chi connectivity index (χ0) is 14.7. The Bertz CT molecular complexity index is 645. The van der Waals surface area contributed by atoms with Crippen molar-refractivity contribution in [3.8, 4) is 5.75 Å². The van der Waals surface area contributed by atoms with Crippen LogP contribution in [0.25, 0.3) is 0 Å². The van der Waals surface area contributed by atoms with E-state index in [1.54, 1.807) is 31.5 Å². The minimum absolute atomic E-state index is 0.625. The Balaban J connectivity index is 1.78. The molecule has 0 unspecified atom stereocenters. The molecule has 0 radical (unpaired) electrons. The van der Waals surface area contributed by atoms with Crippen molar-refractivity contribution in [3.05, 3.63) is 41.1 Å². The van der Waals surface area contributed by atoms with Crippen LogP contribution in [-0.2, 0) is 0 Å². The Kier molecular flexibility index (Phi) is 4.15. The summed E-state index contributed by atoms with van der Waals surface area (Å²) in [5.41, 5.74) is 0.684. The van der Waals surface area contributed by atoms with Crippen molar-refractivity contribution < 1.29 is 9.15 Å². The van der Waals surface area contributed by atoms with Crippen LogP contribution < -0.4 is 9.64 Å². The van der Waals surface area contributed by atoms with Gasteiger partial charge in [-0.3, -0.25) is 0 Å². The Morgan fingerprint density at radius 2 is 2.05 bits per heavy atom. The van der Waals surface area contributed by atoms with E-state index in [2.05, 4.69) is 9.89 Å². The van der Waals surface area contributed by atoms with E-state index in [-0.39, 0.29) is 0 Å². The lowest BCUT2D eigenvalue weighted by molar-refractivity contribution is 0.416. The number of hydrogen-bond donors (Lipinski definition) is 0. The van der Waals surface area contributed by atoms with Crippen LogP contribution in [0.3, 0.4) is 0 Å². The third-order valence-electron chi connectivity index (χ3n) is 3.50. The molecule has 1 fully saturated rings. The average molecular weight is 305 g/mol. The predicted octanol–water partition coefficient (Wildman–Crippen LogP) is 4.29. The molecule has 110 valence electrons. The van der Waals surface area contributed by atoms with E-state index in [1.807, 2.05) is 12.1 Å². The number of hydrogen-bond acceptors (Lipinski definition) is 4. The SMILES string of the molecule is COc1ccc(Cl)cc1N=Cc1ccc(N2CCCC2)o1. The second-order valence-electron chi connectivity index (χ2n) is 4.94. The van der Waals surface area contributed by atoms with Gasteiger partial charge in [0.15, 0.2) is 5.88 Å². The maximum Gasteiger partial charge on any atom is 0.196 e. The van der Waals surface area contributed by atoms with Crippen molar-refractivity contribution in [2.24, 2.45) is 4.99 Å². The van der Waals surface area contributed by atoms with Crippen LogP contribution in [0.15, 0.2) is 39.7 Å². The molecule has 0 aliphatic carbocycles. The smallest absolute Gasteiger partial charge is 0.196 e. The fourth-order valence-electron chi connectivity index (χ4n) is 2.42. The van der Waals surface area contributed by atoms with Crippen LogP contribution in [-0.4, -0.2) is 26.4 Å². The van der Waals surface area contributed by atoms with Gasteiger partial charge in [0.05, 0.1) is 13.3 Å². The van der Waals surface area contributed by atoms with Crippen LogP contribution in [0.2, 0.25) is 5.02 Å². The molecule has 2 heterocycles. The van der Waals surface area contributed by atoms with Gasteiger partial charge in [-0.15, -0.1) is 0 Å². The molecule has 0 saturated carbocycles. The molecule has 1 aliphatic rings. The van der Waals surface area contributed by atoms with Crippen molar-refractivity contribution in [1.82, 2.24) is 0 Å². The Hall–Kier alpha value is -1.94. The zero-order valence-electron chi connectivity index (χ0n) is 11.9. The summed E-state index contributed by atoms with van der Waals surface area (Å²) in [6.45, 7) is 2.12. The van der Waals surface area contributed by atoms with Crippen molar-refractivity contribution in [1.29, 1.82) is 0 Å². The van der Waals surface area contributed by atoms with Crippen LogP contribution in [0.5, 0.6) is 5.75 Å². The Morgan fingerprint density at radius 3 is 2.81 bits per heavy atom. The molecule has 0 bridgehead atoms. The molecule has 0 atom stereocenters. The first-order valence-electron chi connectivity index (χ1n) is 6.98. The summed E-state index contributed by atoms with van der Waals surface area (Å²) in [6.07, 6.45) is 4.14. The highest BCUT2D eigenvalue weighted by Crippen LogP contribution is 2.30. The van der Waals surface area contributed by atoms with E-state index in [0.29, 0.717) is 16.5 Å². The van der Waals surface area contributed by atoms with Crippen molar-refractivity contribution in [3.63, 3.8) is 0 Å². The third kappa shape index (κ3) is 3.22. The lowest BCUT2D eigenvalue weighted by atomic mass is 10.3. The third-order valence-corrected chi connectivity index (χ3v) is 3.74.